The first-order chi connectivity index (χ1) is 15.8. The van der Waals surface area contributed by atoms with Crippen molar-refractivity contribution in [2.24, 2.45) is 0 Å². The van der Waals surface area contributed by atoms with Crippen LogP contribution in [-0.4, -0.2) is 46.7 Å². The second kappa shape index (κ2) is 12.3. The summed E-state index contributed by atoms with van der Waals surface area (Å²) in [6, 6.07) is 6.43. The van der Waals surface area contributed by atoms with Crippen molar-refractivity contribution < 1.29 is 33.3 Å². The number of ether oxygens (including phenoxy) is 4. The highest BCUT2D eigenvalue weighted by Gasteiger charge is 2.22. The van der Waals surface area contributed by atoms with E-state index in [4.69, 9.17) is 42.1 Å². The Morgan fingerprint density at radius 1 is 0.788 bits per heavy atom. The maximum absolute atomic E-state index is 12.4. The van der Waals surface area contributed by atoms with Crippen molar-refractivity contribution in [2.75, 3.05) is 28.4 Å². The van der Waals surface area contributed by atoms with Crippen molar-refractivity contribution in [3.63, 3.8) is 0 Å². The molecule has 0 atom stereocenters. The van der Waals surface area contributed by atoms with Crippen LogP contribution in [0, 0.1) is 0 Å². The molecule has 0 aromatic heterocycles. The lowest BCUT2D eigenvalue weighted by Crippen LogP contribution is -2.07. The Balaban J connectivity index is 2.78. The highest BCUT2D eigenvalue weighted by molar-refractivity contribution is 6.33. The monoisotopic (exact) mass is 494 g/mol. The van der Waals surface area contributed by atoms with E-state index in [1.807, 2.05) is 6.08 Å². The summed E-state index contributed by atoms with van der Waals surface area (Å²) in [6.07, 6.45) is 4.25. The number of allylic oxidation sites excluding steroid dienone is 1. The topological polar surface area (TPSA) is 88.1 Å². The predicted octanol–water partition coefficient (Wildman–Crippen LogP) is 5.38. The minimum absolute atomic E-state index is 0.133. The van der Waals surface area contributed by atoms with Gasteiger partial charge < -0.3 is 23.7 Å². The average Bonchev–Trinajstić information content (AvgIpc) is 2.81. The van der Waals surface area contributed by atoms with Gasteiger partial charge in [-0.05, 0) is 53.8 Å². The van der Waals surface area contributed by atoms with Crippen molar-refractivity contribution in [1.82, 2.24) is 0 Å². The van der Waals surface area contributed by atoms with Crippen LogP contribution in [0.4, 0.5) is 0 Å². The summed E-state index contributed by atoms with van der Waals surface area (Å²) in [5.41, 5.74) is 2.02. The Kier molecular flexibility index (Phi) is 9.75. The first-order valence-electron chi connectivity index (χ1n) is 9.89. The van der Waals surface area contributed by atoms with Gasteiger partial charge in [0.25, 0.3) is 0 Å². The fourth-order valence-corrected chi connectivity index (χ4v) is 3.88. The number of halogens is 2. The van der Waals surface area contributed by atoms with Crippen LogP contribution in [0.3, 0.4) is 0 Å². The number of rotatable bonds is 10. The van der Waals surface area contributed by atoms with Gasteiger partial charge in [-0.25, -0.2) is 9.59 Å². The molecule has 0 saturated heterocycles. The number of esters is 2. The van der Waals surface area contributed by atoms with E-state index in [0.29, 0.717) is 36.0 Å². The molecule has 176 valence electrons. The number of methoxy groups -OCH3 is 4. The van der Waals surface area contributed by atoms with Gasteiger partial charge in [-0.3, -0.25) is 0 Å². The van der Waals surface area contributed by atoms with Crippen LogP contribution >= 0.6 is 23.2 Å². The number of aldehydes is 1. The van der Waals surface area contributed by atoms with Crippen LogP contribution in [0.2, 0.25) is 10.0 Å². The van der Waals surface area contributed by atoms with E-state index < -0.39 is 11.9 Å². The number of benzene rings is 2. The number of hydrogen-bond donors (Lipinski definition) is 0. The van der Waals surface area contributed by atoms with Gasteiger partial charge in [-0.1, -0.05) is 29.3 Å². The van der Waals surface area contributed by atoms with E-state index in [0.717, 1.165) is 6.29 Å². The van der Waals surface area contributed by atoms with Gasteiger partial charge in [0.1, 0.15) is 17.4 Å². The molecule has 0 saturated carbocycles. The Morgan fingerprint density at radius 3 is 1.61 bits per heavy atom. The average molecular weight is 495 g/mol. The molecule has 0 heterocycles. The molecule has 0 bridgehead atoms. The fourth-order valence-electron chi connectivity index (χ4n) is 3.29. The van der Waals surface area contributed by atoms with Crippen LogP contribution in [0.25, 0.3) is 5.57 Å². The van der Waals surface area contributed by atoms with Crippen LogP contribution in [0.1, 0.15) is 51.1 Å². The molecule has 33 heavy (non-hydrogen) atoms. The van der Waals surface area contributed by atoms with Crippen LogP contribution < -0.4 is 9.47 Å². The summed E-state index contributed by atoms with van der Waals surface area (Å²) >= 11 is 12.8. The van der Waals surface area contributed by atoms with Gasteiger partial charge >= 0.3 is 11.9 Å². The predicted molar refractivity (Wildman–Crippen MR) is 126 cm³/mol. The van der Waals surface area contributed by atoms with Crippen molar-refractivity contribution in [3.05, 3.63) is 62.6 Å². The largest absolute Gasteiger partial charge is 0.494 e. The number of unbranched alkanes of at least 4 members (excludes halogenated alkanes) is 2. The molecular formula is C24H24Cl2O7. The molecule has 0 radical (unpaired) electrons. The van der Waals surface area contributed by atoms with Gasteiger partial charge in [0.05, 0.1) is 38.5 Å². The summed E-state index contributed by atoms with van der Waals surface area (Å²) in [4.78, 5) is 35.5. The Morgan fingerprint density at radius 2 is 1.24 bits per heavy atom. The van der Waals surface area contributed by atoms with E-state index in [1.54, 1.807) is 24.3 Å². The maximum atomic E-state index is 12.4. The molecule has 0 aliphatic heterocycles. The molecule has 2 rings (SSSR count). The third-order valence-corrected chi connectivity index (χ3v) is 5.36. The third-order valence-electron chi connectivity index (χ3n) is 4.80. The van der Waals surface area contributed by atoms with Gasteiger partial charge in [-0.2, -0.15) is 0 Å². The molecule has 0 N–H and O–H groups in total. The van der Waals surface area contributed by atoms with E-state index in [2.05, 4.69) is 0 Å². The minimum Gasteiger partial charge on any atom is -0.494 e. The Bertz CT molecular complexity index is 1000. The molecule has 0 spiro atoms. The van der Waals surface area contributed by atoms with Crippen molar-refractivity contribution in [1.29, 1.82) is 0 Å². The van der Waals surface area contributed by atoms with Crippen molar-refractivity contribution >= 4 is 47.0 Å². The Hall–Kier alpha value is -3.03. The molecular weight excluding hydrogens is 471 g/mol. The first-order valence-corrected chi connectivity index (χ1v) is 10.6. The van der Waals surface area contributed by atoms with Crippen LogP contribution in [0.5, 0.6) is 11.5 Å². The number of carbonyl (C=O) groups is 3. The van der Waals surface area contributed by atoms with Crippen LogP contribution in [0.15, 0.2) is 30.3 Å². The minimum atomic E-state index is -0.626. The highest BCUT2D eigenvalue weighted by Crippen LogP contribution is 2.38. The summed E-state index contributed by atoms with van der Waals surface area (Å²) in [5, 5.41) is 0.393. The smallest absolute Gasteiger partial charge is 0.341 e. The van der Waals surface area contributed by atoms with Crippen molar-refractivity contribution in [3.8, 4) is 11.5 Å². The molecule has 0 aliphatic carbocycles. The quantitative estimate of drug-likeness (QED) is 0.248. The second-order valence-electron chi connectivity index (χ2n) is 6.78. The zero-order valence-electron chi connectivity index (χ0n) is 18.7. The van der Waals surface area contributed by atoms with Gasteiger partial charge in [0.15, 0.2) is 11.5 Å². The van der Waals surface area contributed by atoms with Crippen molar-refractivity contribution in [2.45, 2.75) is 19.3 Å². The lowest BCUT2D eigenvalue weighted by atomic mass is 9.93. The van der Waals surface area contributed by atoms with Gasteiger partial charge in [-0.15, -0.1) is 0 Å². The molecule has 0 aliphatic rings. The lowest BCUT2D eigenvalue weighted by molar-refractivity contribution is -0.107. The van der Waals surface area contributed by atoms with Gasteiger partial charge in [0, 0.05) is 6.42 Å². The number of hydrogen-bond acceptors (Lipinski definition) is 7. The zero-order valence-corrected chi connectivity index (χ0v) is 20.2. The molecule has 0 amide bonds. The first kappa shape index (κ1) is 26.2. The molecule has 9 heteroatoms. The normalized spacial score (nSPS) is 10.2. The summed E-state index contributed by atoms with van der Waals surface area (Å²) in [6.45, 7) is 0. The van der Waals surface area contributed by atoms with E-state index in [1.165, 1.54) is 28.4 Å². The SMILES string of the molecule is COC(=O)c1cc(C(=CCCCC=O)c2cc(Cl)c(OC)c(C(=O)OC)c2)cc(Cl)c1OC. The summed E-state index contributed by atoms with van der Waals surface area (Å²) < 4.78 is 20.3. The molecule has 0 unspecified atom stereocenters. The molecule has 0 fully saturated rings. The summed E-state index contributed by atoms with van der Waals surface area (Å²) in [7, 11) is 5.31. The zero-order chi connectivity index (χ0) is 24.5. The standard InChI is InChI=1S/C24H24Cl2O7/c1-30-21-17(23(28)32-3)10-14(12-19(21)25)16(8-6-5-7-9-27)15-11-18(24(29)33-4)22(31-2)20(26)13-15/h8-13H,5-7H2,1-4H3. The van der Waals surface area contributed by atoms with Crippen LogP contribution in [-0.2, 0) is 14.3 Å². The Labute approximate surface area is 202 Å². The third kappa shape index (κ3) is 6.06. The van der Waals surface area contributed by atoms with Gasteiger partial charge in [0.2, 0.25) is 0 Å². The molecule has 2 aromatic carbocycles. The fraction of sp³-hybridized carbons (Fsp3) is 0.292. The second-order valence-corrected chi connectivity index (χ2v) is 7.59. The molecule has 7 nitrogen and oxygen atoms in total. The maximum Gasteiger partial charge on any atom is 0.341 e. The molecule has 2 aromatic rings. The van der Waals surface area contributed by atoms with E-state index in [9.17, 15) is 14.4 Å². The number of carbonyl (C=O) groups excluding carboxylic acids is 3. The van der Waals surface area contributed by atoms with E-state index >= 15 is 0 Å². The summed E-state index contributed by atoms with van der Waals surface area (Å²) in [5.74, 6) is -0.899. The highest BCUT2D eigenvalue weighted by atomic mass is 35.5. The lowest BCUT2D eigenvalue weighted by Gasteiger charge is -2.17. The van der Waals surface area contributed by atoms with E-state index in [-0.39, 0.29) is 32.7 Å².